The average molecular weight is 345 g/mol. The molecule has 1 unspecified atom stereocenters. The first kappa shape index (κ1) is 16.4. The summed E-state index contributed by atoms with van der Waals surface area (Å²) in [5.74, 6) is 0.664. The van der Waals surface area contributed by atoms with E-state index < -0.39 is 0 Å². The predicted octanol–water partition coefficient (Wildman–Crippen LogP) is 5.16. The number of hydrogen-bond acceptors (Lipinski definition) is 2. The molecule has 2 aromatic rings. The van der Waals surface area contributed by atoms with Gasteiger partial charge in [0, 0.05) is 16.1 Å². The molecule has 0 amide bonds. The Morgan fingerprint density at radius 1 is 1.05 bits per heavy atom. The Hall–Kier alpha value is -0.930. The highest BCUT2D eigenvalue weighted by Gasteiger charge is 2.14. The van der Waals surface area contributed by atoms with Gasteiger partial charge in [0.05, 0.1) is 12.1 Å². The van der Waals surface area contributed by atoms with Crippen LogP contribution in [0, 0.1) is 0 Å². The Morgan fingerprint density at radius 3 is 2.43 bits per heavy atom. The molecule has 0 radical (unpaired) electrons. The van der Waals surface area contributed by atoms with Crippen molar-refractivity contribution in [2.45, 2.75) is 12.5 Å². The lowest BCUT2D eigenvalue weighted by atomic mass is 9.98. The van der Waals surface area contributed by atoms with E-state index in [2.05, 4.69) is 5.32 Å². The maximum Gasteiger partial charge on any atom is 0.137 e. The SMILES string of the molecule is CNC(Cc1ccc(Cl)cc1Cl)c1ccc(Cl)c(OC)c1. The smallest absolute Gasteiger partial charge is 0.137 e. The van der Waals surface area contributed by atoms with Crippen molar-refractivity contribution < 1.29 is 4.74 Å². The van der Waals surface area contributed by atoms with Crippen LogP contribution in [0.25, 0.3) is 0 Å². The van der Waals surface area contributed by atoms with Crippen molar-refractivity contribution in [1.82, 2.24) is 5.32 Å². The number of halogens is 3. The van der Waals surface area contributed by atoms with Crippen LogP contribution in [0.4, 0.5) is 0 Å². The first-order valence-electron chi connectivity index (χ1n) is 6.49. The third-order valence-electron chi connectivity index (χ3n) is 3.37. The summed E-state index contributed by atoms with van der Waals surface area (Å²) < 4.78 is 5.27. The molecule has 0 aromatic heterocycles. The minimum absolute atomic E-state index is 0.106. The molecule has 0 bridgehead atoms. The first-order valence-corrected chi connectivity index (χ1v) is 7.63. The van der Waals surface area contributed by atoms with Crippen molar-refractivity contribution in [2.24, 2.45) is 0 Å². The van der Waals surface area contributed by atoms with Crippen molar-refractivity contribution in [3.05, 3.63) is 62.6 Å². The lowest BCUT2D eigenvalue weighted by Gasteiger charge is -2.19. The quantitative estimate of drug-likeness (QED) is 0.809. The average Bonchev–Trinajstić information content (AvgIpc) is 2.47. The monoisotopic (exact) mass is 343 g/mol. The van der Waals surface area contributed by atoms with E-state index in [0.29, 0.717) is 20.8 Å². The zero-order chi connectivity index (χ0) is 15.4. The number of nitrogens with one attached hydrogen (secondary N) is 1. The summed E-state index contributed by atoms with van der Waals surface area (Å²) in [6.07, 6.45) is 0.747. The number of likely N-dealkylation sites (N-methyl/N-ethyl adjacent to an activating group) is 1. The summed E-state index contributed by atoms with van der Waals surface area (Å²) in [7, 11) is 3.52. The van der Waals surface area contributed by atoms with Crippen molar-refractivity contribution >= 4 is 34.8 Å². The largest absolute Gasteiger partial charge is 0.495 e. The fourth-order valence-corrected chi connectivity index (χ4v) is 2.87. The van der Waals surface area contributed by atoms with E-state index in [9.17, 15) is 0 Å². The highest BCUT2D eigenvalue weighted by molar-refractivity contribution is 6.35. The highest BCUT2D eigenvalue weighted by Crippen LogP contribution is 2.30. The Labute approximate surface area is 140 Å². The maximum atomic E-state index is 6.24. The predicted molar refractivity (Wildman–Crippen MR) is 90.0 cm³/mol. The molecule has 0 spiro atoms. The van der Waals surface area contributed by atoms with Crippen LogP contribution in [0.3, 0.4) is 0 Å². The van der Waals surface area contributed by atoms with Crippen LogP contribution in [0.15, 0.2) is 36.4 Å². The third-order valence-corrected chi connectivity index (χ3v) is 4.26. The van der Waals surface area contributed by atoms with Gasteiger partial charge in [0.15, 0.2) is 0 Å². The van der Waals surface area contributed by atoms with Crippen molar-refractivity contribution in [2.75, 3.05) is 14.2 Å². The lowest BCUT2D eigenvalue weighted by molar-refractivity contribution is 0.413. The van der Waals surface area contributed by atoms with Crippen LogP contribution >= 0.6 is 34.8 Å². The lowest BCUT2D eigenvalue weighted by Crippen LogP contribution is -2.19. The van der Waals surface area contributed by atoms with Crippen molar-refractivity contribution in [3.63, 3.8) is 0 Å². The van der Waals surface area contributed by atoms with E-state index in [4.69, 9.17) is 39.5 Å². The molecule has 1 N–H and O–H groups in total. The van der Waals surface area contributed by atoms with Gasteiger partial charge >= 0.3 is 0 Å². The standard InChI is InChI=1S/C16H16Cl3NO/c1-20-15(7-10-3-5-12(17)9-14(10)19)11-4-6-13(18)16(8-11)21-2/h3-6,8-9,15,20H,7H2,1-2H3. The second-order valence-corrected chi connectivity index (χ2v) is 5.93. The molecule has 0 saturated carbocycles. The molecule has 0 fully saturated rings. The Bertz CT molecular complexity index is 631. The van der Waals surface area contributed by atoms with Crippen LogP contribution < -0.4 is 10.1 Å². The summed E-state index contributed by atoms with van der Waals surface area (Å²) in [5, 5.41) is 5.19. The summed E-state index contributed by atoms with van der Waals surface area (Å²) in [6, 6.07) is 11.4. The molecule has 2 aromatic carbocycles. The Kier molecular flexibility index (Phi) is 5.77. The Balaban J connectivity index is 2.27. The molecule has 21 heavy (non-hydrogen) atoms. The second-order valence-electron chi connectivity index (χ2n) is 4.68. The van der Waals surface area contributed by atoms with Gasteiger partial charge in [-0.05, 0) is 48.9 Å². The number of ether oxygens (including phenoxy) is 1. The van der Waals surface area contributed by atoms with Crippen LogP contribution in [-0.4, -0.2) is 14.2 Å². The van der Waals surface area contributed by atoms with Crippen LogP contribution in [0.1, 0.15) is 17.2 Å². The zero-order valence-electron chi connectivity index (χ0n) is 11.8. The zero-order valence-corrected chi connectivity index (χ0v) is 14.1. The number of rotatable bonds is 5. The molecule has 1 atom stereocenters. The summed E-state index contributed by atoms with van der Waals surface area (Å²) >= 11 is 18.2. The molecule has 5 heteroatoms. The van der Waals surface area contributed by atoms with Gasteiger partial charge in [-0.1, -0.05) is 46.9 Å². The van der Waals surface area contributed by atoms with Crippen LogP contribution in [0.5, 0.6) is 5.75 Å². The van der Waals surface area contributed by atoms with Gasteiger partial charge in [-0.2, -0.15) is 0 Å². The molecule has 0 heterocycles. The van der Waals surface area contributed by atoms with E-state index in [1.807, 2.05) is 37.4 Å². The summed E-state index contributed by atoms with van der Waals surface area (Å²) in [6.45, 7) is 0. The van der Waals surface area contributed by atoms with Crippen LogP contribution in [0.2, 0.25) is 15.1 Å². The number of benzene rings is 2. The highest BCUT2D eigenvalue weighted by atomic mass is 35.5. The molecule has 2 nitrogen and oxygen atoms in total. The second kappa shape index (κ2) is 7.37. The van der Waals surface area contributed by atoms with Crippen molar-refractivity contribution in [3.8, 4) is 5.75 Å². The molecule has 2 rings (SSSR count). The third kappa shape index (κ3) is 4.04. The van der Waals surface area contributed by atoms with E-state index in [0.717, 1.165) is 17.5 Å². The summed E-state index contributed by atoms with van der Waals surface area (Å²) in [5.41, 5.74) is 2.12. The number of hydrogen-bond donors (Lipinski definition) is 1. The minimum Gasteiger partial charge on any atom is -0.495 e. The van der Waals surface area contributed by atoms with E-state index in [1.165, 1.54) is 0 Å². The minimum atomic E-state index is 0.106. The van der Waals surface area contributed by atoms with Crippen LogP contribution in [-0.2, 0) is 6.42 Å². The molecule has 0 saturated heterocycles. The van der Waals surface area contributed by atoms with Gasteiger partial charge in [0.25, 0.3) is 0 Å². The van der Waals surface area contributed by atoms with Gasteiger partial charge in [0.2, 0.25) is 0 Å². The molecular weight excluding hydrogens is 329 g/mol. The first-order chi connectivity index (χ1) is 10.0. The van der Waals surface area contributed by atoms with Gasteiger partial charge in [-0.3, -0.25) is 0 Å². The Morgan fingerprint density at radius 2 is 1.81 bits per heavy atom. The number of methoxy groups -OCH3 is 1. The van der Waals surface area contributed by atoms with E-state index >= 15 is 0 Å². The maximum absolute atomic E-state index is 6.24. The van der Waals surface area contributed by atoms with Gasteiger partial charge in [-0.25, -0.2) is 0 Å². The fraction of sp³-hybridized carbons (Fsp3) is 0.250. The molecule has 0 aliphatic carbocycles. The fourth-order valence-electron chi connectivity index (χ4n) is 2.19. The molecule has 0 aliphatic rings. The molecular formula is C16H16Cl3NO. The van der Waals surface area contributed by atoms with E-state index in [-0.39, 0.29) is 6.04 Å². The van der Waals surface area contributed by atoms with E-state index in [1.54, 1.807) is 13.2 Å². The van der Waals surface area contributed by atoms with Gasteiger partial charge in [0.1, 0.15) is 5.75 Å². The topological polar surface area (TPSA) is 21.3 Å². The molecule has 112 valence electrons. The van der Waals surface area contributed by atoms with Crippen molar-refractivity contribution in [1.29, 1.82) is 0 Å². The summed E-state index contributed by atoms with van der Waals surface area (Å²) in [4.78, 5) is 0. The van der Waals surface area contributed by atoms with Gasteiger partial charge < -0.3 is 10.1 Å². The van der Waals surface area contributed by atoms with Gasteiger partial charge in [-0.15, -0.1) is 0 Å². The normalized spacial score (nSPS) is 12.2. The molecule has 0 aliphatic heterocycles.